The molecular formula is C16H24N2O3S. The molecule has 0 radical (unpaired) electrons. The van der Waals surface area contributed by atoms with Crippen LogP contribution in [0.1, 0.15) is 42.5 Å². The lowest BCUT2D eigenvalue weighted by Gasteiger charge is -2.23. The molecule has 0 unspecified atom stereocenters. The van der Waals surface area contributed by atoms with E-state index in [0.717, 1.165) is 32.2 Å². The summed E-state index contributed by atoms with van der Waals surface area (Å²) in [5, 5.41) is 0. The van der Waals surface area contributed by atoms with Crippen LogP contribution >= 0.6 is 0 Å². The number of carbonyl (C=O) groups excluding carboxylic acids is 1. The summed E-state index contributed by atoms with van der Waals surface area (Å²) in [7, 11) is -3.28. The van der Waals surface area contributed by atoms with Gasteiger partial charge in [-0.15, -0.1) is 0 Å². The van der Waals surface area contributed by atoms with E-state index in [1.165, 1.54) is 19.3 Å². The van der Waals surface area contributed by atoms with Crippen molar-refractivity contribution in [1.82, 2.24) is 4.90 Å². The Morgan fingerprint density at radius 1 is 1.05 bits per heavy atom. The van der Waals surface area contributed by atoms with Gasteiger partial charge >= 0.3 is 0 Å². The monoisotopic (exact) mass is 324 g/mol. The number of Topliss-reactive ketones (excluding diaryl/α,β-unsaturated/α-hetero) is 1. The number of hydrogen-bond donors (Lipinski definition) is 1. The van der Waals surface area contributed by atoms with Gasteiger partial charge in [0.15, 0.2) is 5.78 Å². The highest BCUT2D eigenvalue weighted by molar-refractivity contribution is 7.92. The van der Waals surface area contributed by atoms with Crippen LogP contribution in [-0.4, -0.2) is 45.0 Å². The Bertz CT molecular complexity index is 588. The molecule has 0 atom stereocenters. The molecule has 1 aliphatic heterocycles. The summed E-state index contributed by atoms with van der Waals surface area (Å²) in [6, 6.07) is 6.61. The summed E-state index contributed by atoms with van der Waals surface area (Å²) >= 11 is 0. The number of nitrogens with zero attached hydrogens (tertiary/aromatic N) is 1. The van der Waals surface area contributed by atoms with Crippen molar-refractivity contribution in [3.63, 3.8) is 0 Å². The quantitative estimate of drug-likeness (QED) is 0.845. The van der Waals surface area contributed by atoms with Gasteiger partial charge in [0.05, 0.1) is 12.8 Å². The van der Waals surface area contributed by atoms with Crippen molar-refractivity contribution in [2.24, 2.45) is 0 Å². The normalized spacial score (nSPS) is 17.5. The summed E-state index contributed by atoms with van der Waals surface area (Å²) < 4.78 is 24.7. The van der Waals surface area contributed by atoms with Crippen LogP contribution < -0.4 is 4.72 Å². The van der Waals surface area contributed by atoms with Crippen LogP contribution in [0.25, 0.3) is 0 Å². The van der Waals surface area contributed by atoms with Crippen LogP contribution in [0.3, 0.4) is 0 Å². The number of benzene rings is 1. The van der Waals surface area contributed by atoms with Gasteiger partial charge in [-0.05, 0) is 50.2 Å². The van der Waals surface area contributed by atoms with Gasteiger partial charge in [0.2, 0.25) is 10.0 Å². The minimum absolute atomic E-state index is 0.0893. The van der Waals surface area contributed by atoms with Crippen LogP contribution in [0, 0.1) is 0 Å². The number of likely N-dealkylation sites (tertiary alicyclic amines) is 1. The Kier molecular flexibility index (Phi) is 5.97. The van der Waals surface area contributed by atoms with Crippen molar-refractivity contribution in [1.29, 1.82) is 0 Å². The third-order valence-corrected chi connectivity index (χ3v) is 4.43. The second kappa shape index (κ2) is 7.74. The van der Waals surface area contributed by atoms with Crippen molar-refractivity contribution >= 4 is 21.5 Å². The lowest BCUT2D eigenvalue weighted by molar-refractivity contribution is 0.0924. The number of hydrogen-bond acceptors (Lipinski definition) is 4. The van der Waals surface area contributed by atoms with Gasteiger partial charge < -0.3 is 0 Å². The molecule has 1 N–H and O–H groups in total. The molecular weight excluding hydrogens is 300 g/mol. The Morgan fingerprint density at radius 3 is 2.14 bits per heavy atom. The van der Waals surface area contributed by atoms with Gasteiger partial charge in [-0.3, -0.25) is 14.4 Å². The highest BCUT2D eigenvalue weighted by Gasteiger charge is 2.14. The molecule has 0 aliphatic carbocycles. The number of rotatable bonds is 5. The van der Waals surface area contributed by atoms with Crippen LogP contribution in [-0.2, 0) is 10.0 Å². The number of anilines is 1. The van der Waals surface area contributed by atoms with Crippen molar-refractivity contribution in [2.45, 2.75) is 32.1 Å². The second-order valence-electron chi connectivity index (χ2n) is 5.92. The number of nitrogens with one attached hydrogen (secondary N) is 1. The lowest BCUT2D eigenvalue weighted by atomic mass is 10.1. The molecule has 1 aromatic carbocycles. The minimum atomic E-state index is -3.28. The summed E-state index contributed by atoms with van der Waals surface area (Å²) in [5.74, 6) is 0.0893. The third-order valence-electron chi connectivity index (χ3n) is 3.83. The first kappa shape index (κ1) is 17.0. The molecule has 1 saturated heterocycles. The molecule has 5 nitrogen and oxygen atoms in total. The molecule has 0 bridgehead atoms. The highest BCUT2D eigenvalue weighted by Crippen LogP contribution is 2.14. The van der Waals surface area contributed by atoms with Crippen molar-refractivity contribution in [3.8, 4) is 0 Å². The van der Waals surface area contributed by atoms with E-state index in [2.05, 4.69) is 9.62 Å². The van der Waals surface area contributed by atoms with E-state index in [1.54, 1.807) is 24.3 Å². The third kappa shape index (κ3) is 5.77. The Labute approximate surface area is 132 Å². The Hall–Kier alpha value is -1.40. The summed E-state index contributed by atoms with van der Waals surface area (Å²) in [6.45, 7) is 2.41. The van der Waals surface area contributed by atoms with E-state index < -0.39 is 10.0 Å². The molecule has 1 aliphatic rings. The summed E-state index contributed by atoms with van der Waals surface area (Å²) in [6.07, 6.45) is 7.21. The molecule has 122 valence electrons. The maximum atomic E-state index is 12.3. The van der Waals surface area contributed by atoms with E-state index >= 15 is 0 Å². The summed E-state index contributed by atoms with van der Waals surface area (Å²) in [4.78, 5) is 14.6. The largest absolute Gasteiger partial charge is 0.296 e. The van der Waals surface area contributed by atoms with Crippen LogP contribution in [0.5, 0.6) is 0 Å². The van der Waals surface area contributed by atoms with E-state index in [4.69, 9.17) is 0 Å². The average molecular weight is 324 g/mol. The number of carbonyl (C=O) groups is 1. The predicted molar refractivity (Wildman–Crippen MR) is 88.8 cm³/mol. The molecule has 0 spiro atoms. The zero-order valence-electron chi connectivity index (χ0n) is 13.0. The van der Waals surface area contributed by atoms with Crippen LogP contribution in [0.4, 0.5) is 5.69 Å². The first-order chi connectivity index (χ1) is 10.4. The molecule has 22 heavy (non-hydrogen) atoms. The summed E-state index contributed by atoms with van der Waals surface area (Å²) in [5.41, 5.74) is 1.10. The van der Waals surface area contributed by atoms with Gasteiger partial charge in [-0.25, -0.2) is 8.42 Å². The van der Waals surface area contributed by atoms with Gasteiger partial charge in [-0.1, -0.05) is 19.3 Å². The average Bonchev–Trinajstić information content (AvgIpc) is 2.40. The number of sulfonamides is 1. The van der Waals surface area contributed by atoms with Gasteiger partial charge in [-0.2, -0.15) is 0 Å². The van der Waals surface area contributed by atoms with E-state index in [-0.39, 0.29) is 5.78 Å². The fourth-order valence-electron chi connectivity index (χ4n) is 2.70. The zero-order valence-corrected chi connectivity index (χ0v) is 13.9. The second-order valence-corrected chi connectivity index (χ2v) is 7.67. The predicted octanol–water partition coefficient (Wildman–Crippen LogP) is 2.51. The SMILES string of the molecule is CS(=O)(=O)Nc1ccc(C(=O)CN2CCCCCCC2)cc1. The molecule has 0 saturated carbocycles. The fraction of sp³-hybridized carbons (Fsp3) is 0.562. The maximum Gasteiger partial charge on any atom is 0.229 e. The van der Waals surface area contributed by atoms with Gasteiger partial charge in [0.25, 0.3) is 0 Å². The van der Waals surface area contributed by atoms with Crippen molar-refractivity contribution in [3.05, 3.63) is 29.8 Å². The number of ketones is 1. The molecule has 1 heterocycles. The molecule has 2 rings (SSSR count). The van der Waals surface area contributed by atoms with Gasteiger partial charge in [0, 0.05) is 11.3 Å². The lowest BCUT2D eigenvalue weighted by Crippen LogP contribution is -2.32. The Balaban J connectivity index is 1.94. The molecule has 0 aromatic heterocycles. The van der Waals surface area contributed by atoms with Crippen LogP contribution in [0.2, 0.25) is 0 Å². The van der Waals surface area contributed by atoms with Crippen molar-refractivity contribution < 1.29 is 13.2 Å². The minimum Gasteiger partial charge on any atom is -0.296 e. The van der Waals surface area contributed by atoms with Gasteiger partial charge in [0.1, 0.15) is 0 Å². The zero-order chi connectivity index (χ0) is 16.0. The standard InChI is InChI=1S/C16H24N2O3S/c1-22(20,21)17-15-9-7-14(8-10-15)16(19)13-18-11-5-3-2-4-6-12-18/h7-10,17H,2-6,11-13H2,1H3. The maximum absolute atomic E-state index is 12.3. The Morgan fingerprint density at radius 2 is 1.59 bits per heavy atom. The van der Waals surface area contributed by atoms with E-state index in [0.29, 0.717) is 17.8 Å². The topological polar surface area (TPSA) is 66.5 Å². The molecule has 0 amide bonds. The first-order valence-electron chi connectivity index (χ1n) is 7.77. The van der Waals surface area contributed by atoms with Crippen molar-refractivity contribution in [2.75, 3.05) is 30.6 Å². The molecule has 1 aromatic rings. The molecule has 1 fully saturated rings. The first-order valence-corrected chi connectivity index (χ1v) is 9.66. The van der Waals surface area contributed by atoms with E-state index in [1.807, 2.05) is 0 Å². The molecule has 6 heteroatoms. The smallest absolute Gasteiger partial charge is 0.229 e. The fourth-order valence-corrected chi connectivity index (χ4v) is 3.27. The highest BCUT2D eigenvalue weighted by atomic mass is 32.2. The van der Waals surface area contributed by atoms with E-state index in [9.17, 15) is 13.2 Å². The van der Waals surface area contributed by atoms with Crippen LogP contribution in [0.15, 0.2) is 24.3 Å².